The van der Waals surface area contributed by atoms with Crippen molar-refractivity contribution in [1.29, 1.82) is 0 Å². The molecule has 4 aromatic carbocycles. The van der Waals surface area contributed by atoms with Crippen molar-refractivity contribution in [3.8, 4) is 34.3 Å². The largest absolute Gasteiger partial charge is 0.497 e. The number of amides is 1. The number of aromatic nitrogens is 3. The van der Waals surface area contributed by atoms with Gasteiger partial charge < -0.3 is 14.2 Å². The molecule has 5 aromatic rings. The molecule has 0 atom stereocenters. The zero-order valence-corrected chi connectivity index (χ0v) is 27.4. The molecule has 0 fully saturated rings. The Morgan fingerprint density at radius 3 is 2.30 bits per heavy atom. The third-order valence-corrected chi connectivity index (χ3v) is 8.06. The van der Waals surface area contributed by atoms with Gasteiger partial charge in [0.25, 0.3) is 5.91 Å². The van der Waals surface area contributed by atoms with Gasteiger partial charge in [-0.3, -0.25) is 9.36 Å². The van der Waals surface area contributed by atoms with Crippen LogP contribution in [0.1, 0.15) is 37.5 Å². The van der Waals surface area contributed by atoms with Crippen LogP contribution >= 0.6 is 11.8 Å². The highest BCUT2D eigenvalue weighted by Crippen LogP contribution is 2.31. The normalized spacial score (nSPS) is 11.4. The predicted molar refractivity (Wildman–Crippen MR) is 182 cm³/mol. The fraction of sp³-hybridized carbons (Fsp3) is 0.222. The van der Waals surface area contributed by atoms with E-state index in [-0.39, 0.29) is 17.1 Å². The van der Waals surface area contributed by atoms with Gasteiger partial charge in [-0.15, -0.1) is 10.2 Å². The molecule has 1 amide bonds. The van der Waals surface area contributed by atoms with E-state index in [4.69, 9.17) is 14.2 Å². The van der Waals surface area contributed by atoms with Crippen LogP contribution in [0.3, 0.4) is 0 Å². The second-order valence-electron chi connectivity index (χ2n) is 11.4. The molecule has 9 nitrogen and oxygen atoms in total. The molecule has 1 heterocycles. The molecule has 1 N–H and O–H groups in total. The van der Waals surface area contributed by atoms with Gasteiger partial charge in [0.2, 0.25) is 0 Å². The maximum absolute atomic E-state index is 12.8. The van der Waals surface area contributed by atoms with Crippen LogP contribution in [0.2, 0.25) is 0 Å². The van der Waals surface area contributed by atoms with Gasteiger partial charge in [-0.25, -0.2) is 5.43 Å². The Bertz CT molecular complexity index is 1780. The minimum absolute atomic E-state index is 0.0326. The van der Waals surface area contributed by atoms with Crippen molar-refractivity contribution in [3.63, 3.8) is 0 Å². The monoisotopic (exact) mass is 635 g/mol. The van der Waals surface area contributed by atoms with Crippen LogP contribution in [0.4, 0.5) is 0 Å². The molecule has 0 spiro atoms. The quantitative estimate of drug-likeness (QED) is 0.0889. The topological polar surface area (TPSA) is 99.9 Å². The number of methoxy groups -OCH3 is 2. The smallest absolute Gasteiger partial charge is 0.250 e. The van der Waals surface area contributed by atoms with Crippen molar-refractivity contribution in [2.75, 3.05) is 20.0 Å². The lowest BCUT2D eigenvalue weighted by molar-refractivity contribution is -0.118. The molecule has 0 aliphatic heterocycles. The fourth-order valence-electron chi connectivity index (χ4n) is 4.60. The van der Waals surface area contributed by atoms with Gasteiger partial charge in [0, 0.05) is 11.3 Å². The summed E-state index contributed by atoms with van der Waals surface area (Å²) in [4.78, 5) is 12.8. The summed E-state index contributed by atoms with van der Waals surface area (Å²) < 4.78 is 18.7. The van der Waals surface area contributed by atoms with Crippen LogP contribution in [0, 0.1) is 0 Å². The van der Waals surface area contributed by atoms with Crippen molar-refractivity contribution in [1.82, 2.24) is 20.2 Å². The van der Waals surface area contributed by atoms with E-state index in [1.807, 2.05) is 71.3 Å². The fourth-order valence-corrected chi connectivity index (χ4v) is 5.34. The van der Waals surface area contributed by atoms with E-state index in [1.165, 1.54) is 17.3 Å². The van der Waals surface area contributed by atoms with Gasteiger partial charge in [-0.2, -0.15) is 5.10 Å². The van der Waals surface area contributed by atoms with E-state index in [1.54, 1.807) is 26.5 Å². The summed E-state index contributed by atoms with van der Waals surface area (Å²) >= 11 is 1.28. The first-order valence-electron chi connectivity index (χ1n) is 14.8. The lowest BCUT2D eigenvalue weighted by Gasteiger charge is -2.19. The van der Waals surface area contributed by atoms with Crippen LogP contribution in [0.15, 0.2) is 107 Å². The maximum atomic E-state index is 12.8. The lowest BCUT2D eigenvalue weighted by Crippen LogP contribution is -2.20. The van der Waals surface area contributed by atoms with Gasteiger partial charge in [-0.05, 0) is 64.6 Å². The summed E-state index contributed by atoms with van der Waals surface area (Å²) in [7, 11) is 3.23. The number of ether oxygens (including phenoxy) is 3. The summed E-state index contributed by atoms with van der Waals surface area (Å²) in [6.45, 7) is 6.95. The van der Waals surface area contributed by atoms with Crippen molar-refractivity contribution < 1.29 is 19.0 Å². The van der Waals surface area contributed by atoms with Crippen molar-refractivity contribution in [2.24, 2.45) is 5.10 Å². The molecule has 0 aliphatic carbocycles. The average Bonchev–Trinajstić information content (AvgIpc) is 3.50. The first kappa shape index (κ1) is 32.3. The van der Waals surface area contributed by atoms with Crippen LogP contribution in [0.5, 0.6) is 17.2 Å². The Balaban J connectivity index is 1.27. The molecule has 0 aliphatic rings. The molecule has 0 unspecified atom stereocenters. The Morgan fingerprint density at radius 2 is 1.63 bits per heavy atom. The predicted octanol–water partition coefficient (Wildman–Crippen LogP) is 7.07. The highest BCUT2D eigenvalue weighted by molar-refractivity contribution is 7.99. The molecule has 1 aromatic heterocycles. The van der Waals surface area contributed by atoms with E-state index in [0.717, 1.165) is 28.1 Å². The zero-order chi connectivity index (χ0) is 32.5. The summed E-state index contributed by atoms with van der Waals surface area (Å²) in [5, 5.41) is 13.7. The Morgan fingerprint density at radius 1 is 0.891 bits per heavy atom. The SMILES string of the molecule is COc1ccc(-n2c(SCC(=O)N/N=C/c3ccc(OC)c(OCc4ccccc4)c3)nnc2-c2ccc(C(C)(C)C)cc2)cc1. The number of thioether (sulfide) groups is 1. The molecular weight excluding hydrogens is 598 g/mol. The van der Waals surface area contributed by atoms with Crippen molar-refractivity contribution in [3.05, 3.63) is 114 Å². The summed E-state index contributed by atoms with van der Waals surface area (Å²) in [6, 6.07) is 31.3. The van der Waals surface area contributed by atoms with Crippen LogP contribution in [-0.4, -0.2) is 46.9 Å². The van der Waals surface area contributed by atoms with Gasteiger partial charge in [-0.1, -0.05) is 87.1 Å². The number of benzene rings is 4. The van der Waals surface area contributed by atoms with Gasteiger partial charge in [0.05, 0.1) is 26.2 Å². The maximum Gasteiger partial charge on any atom is 0.250 e. The second-order valence-corrected chi connectivity index (χ2v) is 12.4. The van der Waals surface area contributed by atoms with Crippen molar-refractivity contribution >= 4 is 23.9 Å². The average molecular weight is 636 g/mol. The number of hydrazone groups is 1. The second kappa shape index (κ2) is 14.8. The Hall–Kier alpha value is -5.09. The lowest BCUT2D eigenvalue weighted by atomic mass is 9.87. The molecule has 10 heteroatoms. The number of nitrogens with one attached hydrogen (secondary N) is 1. The molecule has 46 heavy (non-hydrogen) atoms. The number of carbonyl (C=O) groups is 1. The van der Waals surface area contributed by atoms with E-state index in [0.29, 0.717) is 29.1 Å². The summed E-state index contributed by atoms with van der Waals surface area (Å²) in [5.41, 5.74) is 7.43. The van der Waals surface area contributed by atoms with Crippen LogP contribution in [0.25, 0.3) is 17.1 Å². The highest BCUT2D eigenvalue weighted by Gasteiger charge is 2.19. The minimum Gasteiger partial charge on any atom is -0.497 e. The highest BCUT2D eigenvalue weighted by atomic mass is 32.2. The third kappa shape index (κ3) is 8.13. The molecule has 236 valence electrons. The van der Waals surface area contributed by atoms with Gasteiger partial charge >= 0.3 is 0 Å². The number of hydrogen-bond donors (Lipinski definition) is 1. The van der Waals surface area contributed by atoms with Crippen LogP contribution < -0.4 is 19.6 Å². The molecule has 0 radical (unpaired) electrons. The molecule has 0 saturated carbocycles. The summed E-state index contributed by atoms with van der Waals surface area (Å²) in [5.74, 6) is 2.42. The summed E-state index contributed by atoms with van der Waals surface area (Å²) in [6.07, 6.45) is 1.57. The van der Waals surface area contributed by atoms with Crippen molar-refractivity contribution in [2.45, 2.75) is 37.9 Å². The first-order chi connectivity index (χ1) is 22.2. The zero-order valence-electron chi connectivity index (χ0n) is 26.6. The molecular formula is C36H37N5O4S. The van der Waals surface area contributed by atoms with Gasteiger partial charge in [0.15, 0.2) is 22.5 Å². The molecule has 0 saturated heterocycles. The number of hydrogen-bond acceptors (Lipinski definition) is 8. The van der Waals surface area contributed by atoms with E-state index in [2.05, 4.69) is 65.8 Å². The third-order valence-electron chi connectivity index (χ3n) is 7.13. The van der Waals surface area contributed by atoms with E-state index < -0.39 is 0 Å². The van der Waals surface area contributed by atoms with Gasteiger partial charge in [0.1, 0.15) is 12.4 Å². The number of rotatable bonds is 12. The number of nitrogens with zero attached hydrogens (tertiary/aromatic N) is 4. The number of carbonyl (C=O) groups excluding carboxylic acids is 1. The Kier molecular flexibility index (Phi) is 10.4. The first-order valence-corrected chi connectivity index (χ1v) is 15.7. The Labute approximate surface area is 273 Å². The minimum atomic E-state index is -0.282. The standard InChI is InChI=1S/C36H37N5O4S/c1-36(2,3)28-14-12-27(13-15-28)34-39-40-35(41(34)29-16-18-30(43-4)19-17-29)46-24-33(42)38-37-22-26-11-20-31(44-5)32(21-26)45-23-25-9-7-6-8-10-25/h6-22H,23-24H2,1-5H3,(H,38,42)/b37-22+. The van der Waals surface area contributed by atoms with E-state index >= 15 is 0 Å². The van der Waals surface area contributed by atoms with Crippen LogP contribution in [-0.2, 0) is 16.8 Å². The molecule has 5 rings (SSSR count). The van der Waals surface area contributed by atoms with E-state index in [9.17, 15) is 4.79 Å². The molecule has 0 bridgehead atoms.